The lowest BCUT2D eigenvalue weighted by Gasteiger charge is -2.35. The van der Waals surface area contributed by atoms with E-state index >= 15 is 0 Å². The first-order valence-electron chi connectivity index (χ1n) is 12.2. The zero-order chi connectivity index (χ0) is 27.5. The summed E-state index contributed by atoms with van der Waals surface area (Å²) in [6.07, 6.45) is 1.63. The Bertz CT molecular complexity index is 1540. The third-order valence-corrected chi connectivity index (χ3v) is 6.50. The van der Waals surface area contributed by atoms with Crippen LogP contribution >= 0.6 is 0 Å². The molecule has 0 spiro atoms. The minimum absolute atomic E-state index is 0.0925. The molecule has 2 aromatic heterocycles. The van der Waals surface area contributed by atoms with Crippen molar-refractivity contribution in [2.24, 2.45) is 0 Å². The van der Waals surface area contributed by atoms with Crippen LogP contribution in [-0.4, -0.2) is 84.2 Å². The SMILES string of the molecule is COC(=O)c1ccc(C(=O)N2CCN(c3nc(N)nc4ncc(-c5ccc(OC)c(OC)c5)nc34)CC2)cc1. The predicted octanol–water partition coefficient (Wildman–Crippen LogP) is 2.44. The van der Waals surface area contributed by atoms with Crippen molar-refractivity contribution in [3.8, 4) is 22.8 Å². The van der Waals surface area contributed by atoms with E-state index in [-0.39, 0.29) is 11.9 Å². The highest BCUT2D eigenvalue weighted by Crippen LogP contribution is 2.33. The molecule has 200 valence electrons. The summed E-state index contributed by atoms with van der Waals surface area (Å²) in [4.78, 5) is 46.6. The van der Waals surface area contributed by atoms with Crippen LogP contribution in [0.1, 0.15) is 20.7 Å². The summed E-state index contributed by atoms with van der Waals surface area (Å²) in [5, 5.41) is 0. The summed E-state index contributed by atoms with van der Waals surface area (Å²) in [6, 6.07) is 11.9. The maximum Gasteiger partial charge on any atom is 0.337 e. The van der Waals surface area contributed by atoms with Gasteiger partial charge < -0.3 is 29.7 Å². The highest BCUT2D eigenvalue weighted by molar-refractivity contribution is 5.96. The lowest BCUT2D eigenvalue weighted by Crippen LogP contribution is -2.49. The molecular formula is C27H27N7O5. The third kappa shape index (κ3) is 5.08. The number of nitrogens with zero attached hydrogens (tertiary/aromatic N) is 6. The van der Waals surface area contributed by atoms with Gasteiger partial charge in [-0.05, 0) is 42.5 Å². The van der Waals surface area contributed by atoms with Gasteiger partial charge in [-0.1, -0.05) is 0 Å². The molecule has 0 aliphatic carbocycles. The van der Waals surface area contributed by atoms with Crippen molar-refractivity contribution in [1.82, 2.24) is 24.8 Å². The number of carbonyl (C=O) groups excluding carboxylic acids is 2. The van der Waals surface area contributed by atoms with Crippen molar-refractivity contribution in [3.63, 3.8) is 0 Å². The number of fused-ring (bicyclic) bond motifs is 1. The second kappa shape index (κ2) is 10.8. The Hall–Kier alpha value is -5.00. The maximum absolute atomic E-state index is 13.1. The number of rotatable bonds is 6. The Morgan fingerprint density at radius 1 is 0.846 bits per heavy atom. The van der Waals surface area contributed by atoms with E-state index in [1.807, 2.05) is 17.0 Å². The number of piperazine rings is 1. The first-order chi connectivity index (χ1) is 18.9. The smallest absolute Gasteiger partial charge is 0.337 e. The fraction of sp³-hybridized carbons (Fsp3) is 0.259. The summed E-state index contributed by atoms with van der Waals surface area (Å²) < 4.78 is 15.5. The lowest BCUT2D eigenvalue weighted by molar-refractivity contribution is 0.0599. The maximum atomic E-state index is 13.1. The van der Waals surface area contributed by atoms with Gasteiger partial charge in [0.25, 0.3) is 5.91 Å². The monoisotopic (exact) mass is 529 g/mol. The number of benzene rings is 2. The van der Waals surface area contributed by atoms with Gasteiger partial charge in [-0.15, -0.1) is 0 Å². The zero-order valence-electron chi connectivity index (χ0n) is 21.7. The quantitative estimate of drug-likeness (QED) is 0.367. The molecule has 0 bridgehead atoms. The zero-order valence-corrected chi connectivity index (χ0v) is 21.7. The highest BCUT2D eigenvalue weighted by atomic mass is 16.5. The van der Waals surface area contributed by atoms with Crippen molar-refractivity contribution in [2.45, 2.75) is 0 Å². The average Bonchev–Trinajstić information content (AvgIpc) is 2.99. The molecule has 5 rings (SSSR count). The average molecular weight is 530 g/mol. The molecule has 39 heavy (non-hydrogen) atoms. The Balaban J connectivity index is 1.38. The van der Waals surface area contributed by atoms with Gasteiger partial charge in [0.15, 0.2) is 28.5 Å². The van der Waals surface area contributed by atoms with Crippen LogP contribution in [0.2, 0.25) is 0 Å². The van der Waals surface area contributed by atoms with Gasteiger partial charge in [-0.2, -0.15) is 9.97 Å². The number of ether oxygens (including phenoxy) is 3. The lowest BCUT2D eigenvalue weighted by atomic mass is 10.1. The molecule has 1 fully saturated rings. The van der Waals surface area contributed by atoms with Crippen LogP contribution in [-0.2, 0) is 4.74 Å². The normalized spacial score (nSPS) is 13.3. The van der Waals surface area contributed by atoms with E-state index in [1.165, 1.54) is 7.11 Å². The third-order valence-electron chi connectivity index (χ3n) is 6.50. The molecule has 1 saturated heterocycles. The van der Waals surface area contributed by atoms with Crippen LogP contribution in [0.15, 0.2) is 48.7 Å². The van der Waals surface area contributed by atoms with Crippen LogP contribution in [0.5, 0.6) is 11.5 Å². The van der Waals surface area contributed by atoms with Gasteiger partial charge in [-0.25, -0.2) is 14.8 Å². The van der Waals surface area contributed by atoms with E-state index in [4.69, 9.17) is 24.9 Å². The van der Waals surface area contributed by atoms with Crippen molar-refractivity contribution in [3.05, 3.63) is 59.8 Å². The van der Waals surface area contributed by atoms with E-state index in [2.05, 4.69) is 15.0 Å². The fourth-order valence-electron chi connectivity index (χ4n) is 4.44. The molecule has 3 heterocycles. The minimum atomic E-state index is -0.448. The van der Waals surface area contributed by atoms with Gasteiger partial charge in [0.2, 0.25) is 5.95 Å². The van der Waals surface area contributed by atoms with Crippen molar-refractivity contribution in [2.75, 3.05) is 58.1 Å². The number of aromatic nitrogens is 4. The van der Waals surface area contributed by atoms with Crippen molar-refractivity contribution < 1.29 is 23.8 Å². The number of anilines is 2. The van der Waals surface area contributed by atoms with E-state index < -0.39 is 5.97 Å². The highest BCUT2D eigenvalue weighted by Gasteiger charge is 2.25. The van der Waals surface area contributed by atoms with Gasteiger partial charge in [0, 0.05) is 37.3 Å². The first kappa shape index (κ1) is 25.6. The summed E-state index contributed by atoms with van der Waals surface area (Å²) >= 11 is 0. The topological polar surface area (TPSA) is 146 Å². The van der Waals surface area contributed by atoms with Crippen LogP contribution in [0.25, 0.3) is 22.4 Å². The molecule has 0 unspecified atom stereocenters. The van der Waals surface area contributed by atoms with Crippen LogP contribution < -0.4 is 20.1 Å². The van der Waals surface area contributed by atoms with E-state index in [9.17, 15) is 9.59 Å². The molecule has 2 N–H and O–H groups in total. The van der Waals surface area contributed by atoms with Crippen LogP contribution in [0.4, 0.5) is 11.8 Å². The minimum Gasteiger partial charge on any atom is -0.493 e. The number of hydrogen-bond acceptors (Lipinski definition) is 11. The standard InChI is InChI=1S/C27H27N7O5/c1-37-20-9-8-18(14-21(20)38-2)19-15-29-23-22(30-19)24(32-27(28)31-23)33-10-12-34(13-11-33)25(35)16-4-6-17(7-5-16)26(36)39-3/h4-9,14-15H,10-13H2,1-3H3,(H2,28,29,31,32). The number of carbonyl (C=O) groups is 2. The molecule has 1 aliphatic heterocycles. The number of hydrogen-bond donors (Lipinski definition) is 1. The molecule has 1 aliphatic rings. The molecule has 1 amide bonds. The Morgan fingerprint density at radius 3 is 2.21 bits per heavy atom. The largest absolute Gasteiger partial charge is 0.493 e. The summed E-state index contributed by atoms with van der Waals surface area (Å²) in [7, 11) is 4.47. The molecule has 0 saturated carbocycles. The molecule has 0 atom stereocenters. The van der Waals surface area contributed by atoms with Gasteiger partial charge in [-0.3, -0.25) is 4.79 Å². The summed E-state index contributed by atoms with van der Waals surface area (Å²) in [5.41, 5.74) is 9.18. The number of amides is 1. The van der Waals surface area contributed by atoms with Gasteiger partial charge in [0.05, 0.1) is 38.8 Å². The summed E-state index contributed by atoms with van der Waals surface area (Å²) in [6.45, 7) is 1.96. The molecule has 12 nitrogen and oxygen atoms in total. The Morgan fingerprint density at radius 2 is 1.54 bits per heavy atom. The molecular weight excluding hydrogens is 502 g/mol. The number of nitrogen functional groups attached to an aromatic ring is 1. The second-order valence-corrected chi connectivity index (χ2v) is 8.75. The number of esters is 1. The van der Waals surface area contributed by atoms with Gasteiger partial charge in [0.1, 0.15) is 0 Å². The Kier molecular flexibility index (Phi) is 7.08. The summed E-state index contributed by atoms with van der Waals surface area (Å²) in [5.74, 6) is 1.27. The van der Waals surface area contributed by atoms with Crippen molar-refractivity contribution >= 4 is 34.8 Å². The van der Waals surface area contributed by atoms with E-state index in [1.54, 1.807) is 55.6 Å². The van der Waals surface area contributed by atoms with Crippen LogP contribution in [0.3, 0.4) is 0 Å². The Labute approximate surface area is 224 Å². The number of methoxy groups -OCH3 is 3. The number of nitrogens with two attached hydrogens (primary N) is 1. The molecule has 4 aromatic rings. The van der Waals surface area contributed by atoms with Crippen molar-refractivity contribution in [1.29, 1.82) is 0 Å². The van der Waals surface area contributed by atoms with Gasteiger partial charge >= 0.3 is 5.97 Å². The van der Waals surface area contributed by atoms with Crippen LogP contribution in [0, 0.1) is 0 Å². The molecule has 0 radical (unpaired) electrons. The van der Waals surface area contributed by atoms with E-state index in [0.29, 0.717) is 71.5 Å². The first-order valence-corrected chi connectivity index (χ1v) is 12.2. The fourth-order valence-corrected chi connectivity index (χ4v) is 4.44. The van der Waals surface area contributed by atoms with E-state index in [0.717, 1.165) is 5.56 Å². The second-order valence-electron chi connectivity index (χ2n) is 8.75. The predicted molar refractivity (Wildman–Crippen MR) is 144 cm³/mol. The molecule has 2 aromatic carbocycles. The molecule has 12 heteroatoms.